The standard InChI is InChI=1S/C13H14N2O2S/c1-3-17-13(16)10-11(14)15-12(18-10)9-6-4-8(2)5-7-9/h4-7H,3,14H2,1-2H3. The molecule has 1 aromatic heterocycles. The van der Waals surface area contributed by atoms with Crippen LogP contribution in [0.2, 0.25) is 0 Å². The molecule has 0 aliphatic heterocycles. The molecule has 1 heterocycles. The molecule has 0 radical (unpaired) electrons. The second-order valence-corrected chi connectivity index (χ2v) is 4.82. The molecule has 0 unspecified atom stereocenters. The summed E-state index contributed by atoms with van der Waals surface area (Å²) in [5.41, 5.74) is 7.86. The number of benzene rings is 1. The summed E-state index contributed by atoms with van der Waals surface area (Å²) < 4.78 is 4.93. The van der Waals surface area contributed by atoms with Crippen molar-refractivity contribution < 1.29 is 9.53 Å². The number of thiazole rings is 1. The summed E-state index contributed by atoms with van der Waals surface area (Å²) in [7, 11) is 0. The van der Waals surface area contributed by atoms with Gasteiger partial charge in [-0.2, -0.15) is 0 Å². The summed E-state index contributed by atoms with van der Waals surface area (Å²) in [6.07, 6.45) is 0. The number of rotatable bonds is 3. The Morgan fingerprint density at radius 2 is 2.06 bits per heavy atom. The molecule has 0 aliphatic carbocycles. The Morgan fingerprint density at radius 3 is 2.67 bits per heavy atom. The van der Waals surface area contributed by atoms with Crippen LogP contribution in [-0.2, 0) is 4.74 Å². The molecule has 2 aromatic rings. The van der Waals surface area contributed by atoms with E-state index in [0.717, 1.165) is 10.6 Å². The van der Waals surface area contributed by atoms with Crippen molar-refractivity contribution in [2.45, 2.75) is 13.8 Å². The van der Waals surface area contributed by atoms with Gasteiger partial charge in [-0.05, 0) is 13.8 Å². The summed E-state index contributed by atoms with van der Waals surface area (Å²) in [5, 5.41) is 0.732. The minimum atomic E-state index is -0.411. The fourth-order valence-electron chi connectivity index (χ4n) is 1.49. The zero-order valence-electron chi connectivity index (χ0n) is 10.3. The van der Waals surface area contributed by atoms with E-state index < -0.39 is 5.97 Å². The predicted octanol–water partition coefficient (Wildman–Crippen LogP) is 2.88. The van der Waals surface area contributed by atoms with Crippen LogP contribution >= 0.6 is 11.3 Å². The van der Waals surface area contributed by atoms with E-state index in [1.54, 1.807) is 6.92 Å². The highest BCUT2D eigenvalue weighted by Crippen LogP contribution is 2.30. The second-order valence-electron chi connectivity index (χ2n) is 3.82. The Kier molecular flexibility index (Phi) is 3.62. The van der Waals surface area contributed by atoms with Crippen LogP contribution in [0.5, 0.6) is 0 Å². The van der Waals surface area contributed by atoms with Crippen molar-refractivity contribution in [1.29, 1.82) is 0 Å². The smallest absolute Gasteiger partial charge is 0.352 e. The lowest BCUT2D eigenvalue weighted by Crippen LogP contribution is -2.05. The van der Waals surface area contributed by atoms with Crippen LogP contribution < -0.4 is 5.73 Å². The van der Waals surface area contributed by atoms with Crippen LogP contribution in [0.15, 0.2) is 24.3 Å². The molecule has 0 atom stereocenters. The minimum absolute atomic E-state index is 0.231. The van der Waals surface area contributed by atoms with E-state index in [4.69, 9.17) is 10.5 Å². The SMILES string of the molecule is CCOC(=O)c1sc(-c2ccc(C)cc2)nc1N. The van der Waals surface area contributed by atoms with Crippen molar-refractivity contribution in [3.05, 3.63) is 34.7 Å². The number of aromatic nitrogens is 1. The molecule has 4 nitrogen and oxygen atoms in total. The Morgan fingerprint density at radius 1 is 1.39 bits per heavy atom. The number of hydrogen-bond donors (Lipinski definition) is 1. The van der Waals surface area contributed by atoms with E-state index in [9.17, 15) is 4.79 Å². The van der Waals surface area contributed by atoms with Gasteiger partial charge in [0.05, 0.1) is 6.61 Å². The maximum absolute atomic E-state index is 11.6. The molecule has 1 aromatic carbocycles. The number of hydrogen-bond acceptors (Lipinski definition) is 5. The molecular formula is C13H14N2O2S. The molecule has 0 aliphatic rings. The quantitative estimate of drug-likeness (QED) is 0.864. The first-order chi connectivity index (χ1) is 8.61. The average Bonchev–Trinajstić information content (AvgIpc) is 2.72. The number of esters is 1. The third-order valence-electron chi connectivity index (χ3n) is 2.41. The van der Waals surface area contributed by atoms with Gasteiger partial charge in [-0.3, -0.25) is 0 Å². The maximum Gasteiger partial charge on any atom is 0.352 e. The fourth-order valence-corrected chi connectivity index (χ4v) is 2.38. The molecular weight excluding hydrogens is 248 g/mol. The van der Waals surface area contributed by atoms with Gasteiger partial charge in [0.1, 0.15) is 10.8 Å². The van der Waals surface area contributed by atoms with Gasteiger partial charge in [0.2, 0.25) is 0 Å². The molecule has 94 valence electrons. The Bertz CT molecular complexity index is 561. The highest BCUT2D eigenvalue weighted by Gasteiger charge is 2.17. The molecule has 0 amide bonds. The van der Waals surface area contributed by atoms with Crippen LogP contribution in [0, 0.1) is 6.92 Å². The zero-order chi connectivity index (χ0) is 13.1. The topological polar surface area (TPSA) is 65.2 Å². The minimum Gasteiger partial charge on any atom is -0.462 e. The number of nitrogens with two attached hydrogens (primary N) is 1. The first kappa shape index (κ1) is 12.6. The van der Waals surface area contributed by atoms with Crippen molar-refractivity contribution >= 4 is 23.1 Å². The number of nitrogen functional groups attached to an aromatic ring is 1. The highest BCUT2D eigenvalue weighted by atomic mass is 32.1. The van der Waals surface area contributed by atoms with E-state index in [1.807, 2.05) is 31.2 Å². The number of ether oxygens (including phenoxy) is 1. The Labute approximate surface area is 109 Å². The van der Waals surface area contributed by atoms with Crippen LogP contribution in [0.1, 0.15) is 22.2 Å². The first-order valence-corrected chi connectivity index (χ1v) is 6.44. The monoisotopic (exact) mass is 262 g/mol. The van der Waals surface area contributed by atoms with E-state index >= 15 is 0 Å². The zero-order valence-corrected chi connectivity index (χ0v) is 11.1. The third kappa shape index (κ3) is 2.51. The van der Waals surface area contributed by atoms with Crippen molar-refractivity contribution in [2.24, 2.45) is 0 Å². The molecule has 0 saturated carbocycles. The lowest BCUT2D eigenvalue weighted by molar-refractivity contribution is 0.0533. The van der Waals surface area contributed by atoms with E-state index in [2.05, 4.69) is 4.98 Å². The summed E-state index contributed by atoms with van der Waals surface area (Å²) in [6, 6.07) is 7.92. The second kappa shape index (κ2) is 5.18. The highest BCUT2D eigenvalue weighted by molar-refractivity contribution is 7.17. The molecule has 0 saturated heterocycles. The van der Waals surface area contributed by atoms with E-state index in [0.29, 0.717) is 11.5 Å². The average molecular weight is 262 g/mol. The summed E-state index contributed by atoms with van der Waals surface area (Å²) >= 11 is 1.26. The van der Waals surface area contributed by atoms with Gasteiger partial charge in [-0.15, -0.1) is 11.3 Å². The van der Waals surface area contributed by atoms with Crippen molar-refractivity contribution in [3.63, 3.8) is 0 Å². The molecule has 2 rings (SSSR count). The molecule has 5 heteroatoms. The molecule has 0 bridgehead atoms. The Balaban J connectivity index is 2.34. The van der Waals surface area contributed by atoms with Gasteiger partial charge in [0, 0.05) is 5.56 Å². The normalized spacial score (nSPS) is 10.3. The lowest BCUT2D eigenvalue weighted by Gasteiger charge is -1.97. The summed E-state index contributed by atoms with van der Waals surface area (Å²) in [6.45, 7) is 4.11. The van der Waals surface area contributed by atoms with E-state index in [-0.39, 0.29) is 5.82 Å². The summed E-state index contributed by atoms with van der Waals surface area (Å²) in [4.78, 5) is 16.2. The Hall–Kier alpha value is -1.88. The maximum atomic E-state index is 11.6. The third-order valence-corrected chi connectivity index (χ3v) is 3.51. The van der Waals surface area contributed by atoms with Gasteiger partial charge in [-0.25, -0.2) is 9.78 Å². The fraction of sp³-hybridized carbons (Fsp3) is 0.231. The van der Waals surface area contributed by atoms with Crippen LogP contribution in [0.3, 0.4) is 0 Å². The van der Waals surface area contributed by atoms with Crippen molar-refractivity contribution in [1.82, 2.24) is 4.98 Å². The number of carbonyl (C=O) groups is 1. The van der Waals surface area contributed by atoms with Crippen LogP contribution in [0.4, 0.5) is 5.82 Å². The number of nitrogens with zero attached hydrogens (tertiary/aromatic N) is 1. The van der Waals surface area contributed by atoms with Gasteiger partial charge >= 0.3 is 5.97 Å². The van der Waals surface area contributed by atoms with E-state index in [1.165, 1.54) is 16.9 Å². The van der Waals surface area contributed by atoms with Gasteiger partial charge in [-0.1, -0.05) is 29.8 Å². The molecule has 2 N–H and O–H groups in total. The first-order valence-electron chi connectivity index (χ1n) is 5.62. The number of anilines is 1. The molecule has 0 spiro atoms. The van der Waals surface area contributed by atoms with Gasteiger partial charge < -0.3 is 10.5 Å². The molecule has 0 fully saturated rings. The van der Waals surface area contributed by atoms with Crippen LogP contribution in [-0.4, -0.2) is 17.6 Å². The lowest BCUT2D eigenvalue weighted by atomic mass is 10.2. The molecule has 18 heavy (non-hydrogen) atoms. The number of aryl methyl sites for hydroxylation is 1. The van der Waals surface area contributed by atoms with Crippen molar-refractivity contribution in [3.8, 4) is 10.6 Å². The van der Waals surface area contributed by atoms with Crippen LogP contribution in [0.25, 0.3) is 10.6 Å². The predicted molar refractivity (Wildman–Crippen MR) is 72.7 cm³/mol. The van der Waals surface area contributed by atoms with Crippen molar-refractivity contribution in [2.75, 3.05) is 12.3 Å². The van der Waals surface area contributed by atoms with Gasteiger partial charge in [0.15, 0.2) is 4.88 Å². The summed E-state index contributed by atoms with van der Waals surface area (Å²) in [5.74, 6) is -0.181. The largest absolute Gasteiger partial charge is 0.462 e. The van der Waals surface area contributed by atoms with Gasteiger partial charge in [0.25, 0.3) is 0 Å². The number of carbonyl (C=O) groups excluding carboxylic acids is 1.